The number of likely N-dealkylation sites (N-methyl/N-ethyl adjacent to an activating group) is 1. The molecule has 2 heterocycles. The predicted molar refractivity (Wildman–Crippen MR) is 97.6 cm³/mol. The highest BCUT2D eigenvalue weighted by atomic mass is 15.1. The molecule has 3 aromatic rings. The van der Waals surface area contributed by atoms with E-state index in [0.717, 1.165) is 24.3 Å². The molecule has 0 radical (unpaired) electrons. The number of nitrogens with one attached hydrogen (secondary N) is 1. The van der Waals surface area contributed by atoms with Gasteiger partial charge in [0, 0.05) is 19.1 Å². The number of rotatable bonds is 6. The van der Waals surface area contributed by atoms with Crippen LogP contribution in [-0.4, -0.2) is 39.5 Å². The number of nitrogens with zero attached hydrogens (tertiary/aromatic N) is 4. The number of hydrogen-bond acceptors (Lipinski definition) is 6. The van der Waals surface area contributed by atoms with Gasteiger partial charge in [0.15, 0.2) is 5.65 Å². The van der Waals surface area contributed by atoms with Crippen molar-refractivity contribution in [3.8, 4) is 0 Å². The quantitative estimate of drug-likeness (QED) is 0.726. The largest absolute Gasteiger partial charge is 0.384 e. The lowest BCUT2D eigenvalue weighted by molar-refractivity contribution is 0.316. The van der Waals surface area contributed by atoms with Gasteiger partial charge in [0.2, 0.25) is 0 Å². The van der Waals surface area contributed by atoms with Crippen LogP contribution in [0, 0.1) is 0 Å². The van der Waals surface area contributed by atoms with E-state index in [9.17, 15) is 0 Å². The minimum atomic E-state index is 0.231. The number of fused-ring (bicyclic) bond motifs is 1. The molecule has 1 unspecified atom stereocenters. The smallest absolute Gasteiger partial charge is 0.166 e. The summed E-state index contributed by atoms with van der Waals surface area (Å²) < 4.78 is 0. The Balaban J connectivity index is 1.65. The first-order chi connectivity index (χ1) is 11.6. The molecular formula is C18H22N6. The maximum absolute atomic E-state index is 5.72. The summed E-state index contributed by atoms with van der Waals surface area (Å²) in [5.74, 6) is 1.25. The maximum Gasteiger partial charge on any atom is 0.166 e. The highest BCUT2D eigenvalue weighted by Crippen LogP contribution is 2.19. The molecule has 0 aliphatic carbocycles. The standard InChI is InChI=1S/C18H22N6/c1-13(10-24(2)11-14-6-4-3-5-7-14)22-17-15-8-9-16(19)23-18(15)21-12-20-17/h3-9,12-13H,10-11H2,1-2H3,(H3,19,20,21,22,23). The molecule has 0 saturated heterocycles. The Morgan fingerprint density at radius 1 is 1.12 bits per heavy atom. The zero-order valence-corrected chi connectivity index (χ0v) is 14.0. The summed E-state index contributed by atoms with van der Waals surface area (Å²) in [7, 11) is 2.12. The Bertz CT molecular complexity index is 805. The van der Waals surface area contributed by atoms with Crippen LogP contribution >= 0.6 is 0 Å². The molecule has 0 bridgehead atoms. The Kier molecular flexibility index (Phi) is 4.86. The number of pyridine rings is 1. The van der Waals surface area contributed by atoms with Crippen molar-refractivity contribution in [3.63, 3.8) is 0 Å². The summed E-state index contributed by atoms with van der Waals surface area (Å²) in [5, 5.41) is 4.33. The minimum Gasteiger partial charge on any atom is -0.384 e. The monoisotopic (exact) mass is 322 g/mol. The zero-order chi connectivity index (χ0) is 16.9. The van der Waals surface area contributed by atoms with Crippen LogP contribution in [0.3, 0.4) is 0 Å². The molecule has 0 aliphatic heterocycles. The van der Waals surface area contributed by atoms with E-state index in [1.54, 1.807) is 6.07 Å². The molecule has 0 amide bonds. The van der Waals surface area contributed by atoms with Crippen molar-refractivity contribution < 1.29 is 0 Å². The number of aromatic nitrogens is 3. The molecule has 3 rings (SSSR count). The number of nitrogen functional groups attached to an aromatic ring is 1. The maximum atomic E-state index is 5.72. The Labute approximate surface area is 141 Å². The van der Waals surface area contributed by atoms with Crippen molar-refractivity contribution >= 4 is 22.7 Å². The predicted octanol–water partition coefficient (Wildman–Crippen LogP) is 2.54. The summed E-state index contributed by atoms with van der Waals surface area (Å²) in [6, 6.07) is 14.4. The van der Waals surface area contributed by atoms with Gasteiger partial charge in [-0.2, -0.15) is 0 Å². The average Bonchev–Trinajstić information content (AvgIpc) is 2.55. The Morgan fingerprint density at radius 2 is 1.92 bits per heavy atom. The van der Waals surface area contributed by atoms with Crippen molar-refractivity contribution in [2.75, 3.05) is 24.6 Å². The van der Waals surface area contributed by atoms with Gasteiger partial charge in [0.05, 0.1) is 5.39 Å². The van der Waals surface area contributed by atoms with Crippen LogP contribution in [0.15, 0.2) is 48.8 Å². The fourth-order valence-electron chi connectivity index (χ4n) is 2.78. The van der Waals surface area contributed by atoms with Gasteiger partial charge in [-0.3, -0.25) is 0 Å². The van der Waals surface area contributed by atoms with Crippen molar-refractivity contribution in [3.05, 3.63) is 54.4 Å². The normalized spacial score (nSPS) is 12.5. The third-order valence-corrected chi connectivity index (χ3v) is 3.78. The molecular weight excluding hydrogens is 300 g/mol. The molecule has 0 fully saturated rings. The van der Waals surface area contributed by atoms with Crippen LogP contribution in [0.5, 0.6) is 0 Å². The van der Waals surface area contributed by atoms with Crippen molar-refractivity contribution in [2.45, 2.75) is 19.5 Å². The van der Waals surface area contributed by atoms with E-state index in [-0.39, 0.29) is 6.04 Å². The number of nitrogens with two attached hydrogens (primary N) is 1. The van der Waals surface area contributed by atoms with Gasteiger partial charge in [-0.15, -0.1) is 0 Å². The SMILES string of the molecule is CC(CN(C)Cc1ccccc1)Nc1ncnc2nc(N)ccc12. The first-order valence-corrected chi connectivity index (χ1v) is 7.98. The second-order valence-electron chi connectivity index (χ2n) is 6.06. The average molecular weight is 322 g/mol. The fraction of sp³-hybridized carbons (Fsp3) is 0.278. The first-order valence-electron chi connectivity index (χ1n) is 7.98. The van der Waals surface area contributed by atoms with Crippen molar-refractivity contribution in [1.29, 1.82) is 0 Å². The lowest BCUT2D eigenvalue weighted by Crippen LogP contribution is -2.32. The van der Waals surface area contributed by atoms with Crippen LogP contribution in [0.4, 0.5) is 11.6 Å². The van der Waals surface area contributed by atoms with Crippen molar-refractivity contribution in [2.24, 2.45) is 0 Å². The van der Waals surface area contributed by atoms with E-state index < -0.39 is 0 Å². The third kappa shape index (κ3) is 3.97. The topological polar surface area (TPSA) is 80.0 Å². The van der Waals surface area contributed by atoms with E-state index in [1.165, 1.54) is 11.9 Å². The van der Waals surface area contributed by atoms with Crippen LogP contribution < -0.4 is 11.1 Å². The molecule has 24 heavy (non-hydrogen) atoms. The van der Waals surface area contributed by atoms with Gasteiger partial charge in [-0.05, 0) is 31.7 Å². The zero-order valence-electron chi connectivity index (χ0n) is 14.0. The van der Waals surface area contributed by atoms with Gasteiger partial charge >= 0.3 is 0 Å². The first kappa shape index (κ1) is 16.1. The summed E-state index contributed by atoms with van der Waals surface area (Å²) in [6.07, 6.45) is 1.51. The van der Waals surface area contributed by atoms with Crippen LogP contribution in [0.25, 0.3) is 11.0 Å². The summed E-state index contributed by atoms with van der Waals surface area (Å²) in [6.45, 7) is 3.94. The van der Waals surface area contributed by atoms with E-state index in [2.05, 4.69) is 63.4 Å². The third-order valence-electron chi connectivity index (χ3n) is 3.78. The molecule has 6 heteroatoms. The number of hydrogen-bond donors (Lipinski definition) is 2. The summed E-state index contributed by atoms with van der Waals surface area (Å²) in [4.78, 5) is 15.0. The summed E-state index contributed by atoms with van der Waals surface area (Å²) in [5.41, 5.74) is 7.63. The number of anilines is 2. The van der Waals surface area contributed by atoms with Gasteiger partial charge < -0.3 is 16.0 Å². The lowest BCUT2D eigenvalue weighted by atomic mass is 10.2. The fourth-order valence-corrected chi connectivity index (χ4v) is 2.78. The molecule has 1 aromatic carbocycles. The molecule has 124 valence electrons. The molecule has 0 aliphatic rings. The van der Waals surface area contributed by atoms with Gasteiger partial charge in [0.1, 0.15) is 18.0 Å². The van der Waals surface area contributed by atoms with E-state index in [4.69, 9.17) is 5.73 Å². The second kappa shape index (κ2) is 7.23. The van der Waals surface area contributed by atoms with Gasteiger partial charge in [-0.25, -0.2) is 15.0 Å². The lowest BCUT2D eigenvalue weighted by Gasteiger charge is -2.23. The molecule has 2 aromatic heterocycles. The summed E-state index contributed by atoms with van der Waals surface area (Å²) >= 11 is 0. The van der Waals surface area contributed by atoms with Crippen LogP contribution in [0.1, 0.15) is 12.5 Å². The van der Waals surface area contributed by atoms with Gasteiger partial charge in [0.25, 0.3) is 0 Å². The molecule has 1 atom stereocenters. The number of benzene rings is 1. The van der Waals surface area contributed by atoms with Crippen LogP contribution in [-0.2, 0) is 6.54 Å². The van der Waals surface area contributed by atoms with Crippen LogP contribution in [0.2, 0.25) is 0 Å². The Hall–Kier alpha value is -2.73. The molecule has 3 N–H and O–H groups in total. The van der Waals surface area contributed by atoms with Crippen molar-refractivity contribution in [1.82, 2.24) is 19.9 Å². The van der Waals surface area contributed by atoms with E-state index in [0.29, 0.717) is 11.5 Å². The minimum absolute atomic E-state index is 0.231. The van der Waals surface area contributed by atoms with E-state index >= 15 is 0 Å². The van der Waals surface area contributed by atoms with Gasteiger partial charge in [-0.1, -0.05) is 30.3 Å². The Morgan fingerprint density at radius 3 is 2.71 bits per heavy atom. The highest BCUT2D eigenvalue weighted by Gasteiger charge is 2.11. The highest BCUT2D eigenvalue weighted by molar-refractivity contribution is 5.87. The second-order valence-corrected chi connectivity index (χ2v) is 6.06. The molecule has 0 saturated carbocycles. The molecule has 0 spiro atoms. The molecule has 6 nitrogen and oxygen atoms in total. The van der Waals surface area contributed by atoms with E-state index in [1.807, 2.05) is 12.1 Å².